The van der Waals surface area contributed by atoms with Crippen LogP contribution in [0.3, 0.4) is 0 Å². The highest BCUT2D eigenvalue weighted by Gasteiger charge is 2.24. The summed E-state index contributed by atoms with van der Waals surface area (Å²) in [5.74, 6) is 1.29. The van der Waals surface area contributed by atoms with E-state index in [4.69, 9.17) is 9.47 Å². The molecule has 7 heteroatoms. The number of hydrogen-bond acceptors (Lipinski definition) is 6. The Hall–Kier alpha value is -2.77. The van der Waals surface area contributed by atoms with Gasteiger partial charge in [-0.1, -0.05) is 24.3 Å². The Morgan fingerprint density at radius 2 is 1.87 bits per heavy atom. The summed E-state index contributed by atoms with van der Waals surface area (Å²) in [4.78, 5) is 16.2. The van der Waals surface area contributed by atoms with Crippen molar-refractivity contribution in [1.82, 2.24) is 10.2 Å². The molecule has 2 atom stereocenters. The molecule has 4 rings (SSSR count). The molecule has 2 aliphatic heterocycles. The van der Waals surface area contributed by atoms with Gasteiger partial charge in [0.15, 0.2) is 11.5 Å². The minimum absolute atomic E-state index is 0.00610. The molecular formula is C24H31N3O4. The van der Waals surface area contributed by atoms with Gasteiger partial charge in [0.2, 0.25) is 5.91 Å². The molecule has 1 amide bonds. The molecule has 2 aromatic carbocycles. The minimum atomic E-state index is -0.595. The summed E-state index contributed by atoms with van der Waals surface area (Å²) in [5.41, 5.74) is 2.24. The summed E-state index contributed by atoms with van der Waals surface area (Å²) in [6.07, 6.45) is 0.730. The van der Waals surface area contributed by atoms with Crippen LogP contribution in [-0.2, 0) is 4.79 Å². The van der Waals surface area contributed by atoms with Gasteiger partial charge in [0.05, 0.1) is 13.2 Å². The Kier molecular flexibility index (Phi) is 6.94. The molecule has 0 bridgehead atoms. The van der Waals surface area contributed by atoms with Gasteiger partial charge in [-0.25, -0.2) is 0 Å². The number of nitrogens with zero attached hydrogens (tertiary/aromatic N) is 2. The van der Waals surface area contributed by atoms with Gasteiger partial charge in [0.1, 0.15) is 12.7 Å². The highest BCUT2D eigenvalue weighted by molar-refractivity contribution is 5.78. The number of piperazine rings is 1. The van der Waals surface area contributed by atoms with E-state index in [-0.39, 0.29) is 18.6 Å². The Morgan fingerprint density at radius 3 is 2.55 bits per heavy atom. The first-order chi connectivity index (χ1) is 15.1. The predicted molar refractivity (Wildman–Crippen MR) is 120 cm³/mol. The molecule has 0 radical (unpaired) electrons. The summed E-state index contributed by atoms with van der Waals surface area (Å²) >= 11 is 0. The number of nitrogens with one attached hydrogen (secondary N) is 1. The number of carbonyl (C=O) groups excluding carboxylic acids is 1. The number of hydrogen-bond donors (Lipinski definition) is 2. The number of aliphatic hydroxyl groups excluding tert-OH is 1. The standard InChI is InChI=1S/C24H31N3O4/c1-30-22-9-7-18(21-8-10-24(29)25-21)15-23(22)31-17-20(28)16-26-11-13-27(14-12-26)19-5-3-2-4-6-19/h2-7,9,15,20-21,28H,8,10-14,16-17H2,1H3,(H,25,29). The van der Waals surface area contributed by atoms with Crippen molar-refractivity contribution < 1.29 is 19.4 Å². The molecule has 31 heavy (non-hydrogen) atoms. The van der Waals surface area contributed by atoms with Crippen molar-refractivity contribution >= 4 is 11.6 Å². The van der Waals surface area contributed by atoms with Crippen LogP contribution in [0.15, 0.2) is 48.5 Å². The molecule has 2 fully saturated rings. The van der Waals surface area contributed by atoms with E-state index in [1.807, 2.05) is 24.3 Å². The molecule has 0 aliphatic carbocycles. The zero-order chi connectivity index (χ0) is 21.6. The Morgan fingerprint density at radius 1 is 1.10 bits per heavy atom. The van der Waals surface area contributed by atoms with Crippen LogP contribution in [0, 0.1) is 0 Å². The smallest absolute Gasteiger partial charge is 0.220 e. The maximum absolute atomic E-state index is 11.5. The number of para-hydroxylation sites is 1. The van der Waals surface area contributed by atoms with Crippen LogP contribution in [0.2, 0.25) is 0 Å². The lowest BCUT2D eigenvalue weighted by molar-refractivity contribution is -0.119. The third kappa shape index (κ3) is 5.48. The number of β-amino-alcohol motifs (C(OH)–C–C–N with tert-alkyl or cyclic N) is 1. The lowest BCUT2D eigenvalue weighted by atomic mass is 10.0. The van der Waals surface area contributed by atoms with E-state index in [1.165, 1.54) is 5.69 Å². The van der Waals surface area contributed by atoms with E-state index in [2.05, 4.69) is 39.4 Å². The average molecular weight is 426 g/mol. The van der Waals surface area contributed by atoms with Crippen LogP contribution in [0.5, 0.6) is 11.5 Å². The second-order valence-electron chi connectivity index (χ2n) is 8.16. The zero-order valence-electron chi connectivity index (χ0n) is 18.0. The fourth-order valence-electron chi connectivity index (χ4n) is 4.25. The topological polar surface area (TPSA) is 74.3 Å². The third-order valence-corrected chi connectivity index (χ3v) is 5.98. The van der Waals surface area contributed by atoms with E-state index in [9.17, 15) is 9.90 Å². The molecule has 7 nitrogen and oxygen atoms in total. The molecule has 166 valence electrons. The van der Waals surface area contributed by atoms with E-state index in [1.54, 1.807) is 7.11 Å². The number of aliphatic hydroxyl groups is 1. The van der Waals surface area contributed by atoms with Crippen molar-refractivity contribution in [3.63, 3.8) is 0 Å². The number of ether oxygens (including phenoxy) is 2. The first-order valence-corrected chi connectivity index (χ1v) is 10.9. The minimum Gasteiger partial charge on any atom is -0.493 e. The SMILES string of the molecule is COc1ccc(C2CCC(=O)N2)cc1OCC(O)CN1CCN(c2ccccc2)CC1. The fraction of sp³-hybridized carbons (Fsp3) is 0.458. The maximum Gasteiger partial charge on any atom is 0.220 e. The van der Waals surface area contributed by atoms with Gasteiger partial charge in [-0.2, -0.15) is 0 Å². The molecule has 0 spiro atoms. The summed E-state index contributed by atoms with van der Waals surface area (Å²) < 4.78 is 11.3. The third-order valence-electron chi connectivity index (χ3n) is 5.98. The van der Waals surface area contributed by atoms with Crippen LogP contribution in [-0.4, -0.2) is 68.5 Å². The summed E-state index contributed by atoms with van der Waals surface area (Å²) in [5, 5.41) is 13.5. The molecule has 0 saturated carbocycles. The fourth-order valence-corrected chi connectivity index (χ4v) is 4.25. The lowest BCUT2D eigenvalue weighted by Crippen LogP contribution is -2.49. The van der Waals surface area contributed by atoms with Crippen LogP contribution in [0.4, 0.5) is 5.69 Å². The van der Waals surface area contributed by atoms with Crippen LogP contribution < -0.4 is 19.7 Å². The second kappa shape index (κ2) is 10.0. The lowest BCUT2D eigenvalue weighted by Gasteiger charge is -2.36. The molecule has 2 saturated heterocycles. The monoisotopic (exact) mass is 425 g/mol. The molecular weight excluding hydrogens is 394 g/mol. The van der Waals surface area contributed by atoms with E-state index in [0.29, 0.717) is 24.5 Å². The molecule has 2 unspecified atom stereocenters. The van der Waals surface area contributed by atoms with Crippen molar-refractivity contribution in [3.8, 4) is 11.5 Å². The van der Waals surface area contributed by atoms with Crippen LogP contribution in [0.1, 0.15) is 24.4 Å². The summed E-state index contributed by atoms with van der Waals surface area (Å²) in [6, 6.07) is 16.1. The van der Waals surface area contributed by atoms with Gasteiger partial charge < -0.3 is 24.8 Å². The number of benzene rings is 2. The maximum atomic E-state index is 11.5. The number of amides is 1. The molecule has 2 N–H and O–H groups in total. The molecule has 2 heterocycles. The molecule has 2 aromatic rings. The van der Waals surface area contributed by atoms with E-state index in [0.717, 1.165) is 38.2 Å². The van der Waals surface area contributed by atoms with Gasteiger partial charge in [-0.15, -0.1) is 0 Å². The highest BCUT2D eigenvalue weighted by atomic mass is 16.5. The number of methoxy groups -OCH3 is 1. The van der Waals surface area contributed by atoms with Crippen LogP contribution >= 0.6 is 0 Å². The van der Waals surface area contributed by atoms with E-state index >= 15 is 0 Å². The van der Waals surface area contributed by atoms with Crippen molar-refractivity contribution in [3.05, 3.63) is 54.1 Å². The van der Waals surface area contributed by atoms with Gasteiger partial charge in [0, 0.05) is 44.8 Å². The van der Waals surface area contributed by atoms with Gasteiger partial charge in [-0.05, 0) is 36.2 Å². The van der Waals surface area contributed by atoms with Crippen molar-refractivity contribution in [2.75, 3.05) is 51.3 Å². The average Bonchev–Trinajstić information content (AvgIpc) is 3.25. The van der Waals surface area contributed by atoms with Crippen molar-refractivity contribution in [1.29, 1.82) is 0 Å². The second-order valence-corrected chi connectivity index (χ2v) is 8.16. The van der Waals surface area contributed by atoms with E-state index < -0.39 is 6.10 Å². The quantitative estimate of drug-likeness (QED) is 0.676. The van der Waals surface area contributed by atoms with Crippen LogP contribution in [0.25, 0.3) is 0 Å². The number of rotatable bonds is 8. The number of anilines is 1. The zero-order valence-corrected chi connectivity index (χ0v) is 18.0. The molecule has 0 aromatic heterocycles. The van der Waals surface area contributed by atoms with Gasteiger partial charge in [-0.3, -0.25) is 9.69 Å². The Balaban J connectivity index is 1.28. The van der Waals surface area contributed by atoms with Crippen molar-refractivity contribution in [2.24, 2.45) is 0 Å². The normalized spacial score (nSPS) is 20.4. The summed E-state index contributed by atoms with van der Waals surface area (Å²) in [6.45, 7) is 4.47. The van der Waals surface area contributed by atoms with Crippen molar-refractivity contribution in [2.45, 2.75) is 25.0 Å². The summed E-state index contributed by atoms with van der Waals surface area (Å²) in [7, 11) is 1.60. The first-order valence-electron chi connectivity index (χ1n) is 10.9. The van der Waals surface area contributed by atoms with Gasteiger partial charge in [0.25, 0.3) is 0 Å². The Labute approximate surface area is 183 Å². The number of carbonyl (C=O) groups is 1. The Bertz CT molecular complexity index is 868. The first kappa shape index (κ1) is 21.5. The largest absolute Gasteiger partial charge is 0.493 e. The highest BCUT2D eigenvalue weighted by Crippen LogP contribution is 2.33. The van der Waals surface area contributed by atoms with Gasteiger partial charge >= 0.3 is 0 Å². The predicted octanol–water partition coefficient (Wildman–Crippen LogP) is 2.21. The molecule has 2 aliphatic rings.